The molecule has 0 aromatic heterocycles. The Labute approximate surface area is 82.1 Å². The van der Waals surface area contributed by atoms with Crippen molar-refractivity contribution in [3.05, 3.63) is 49.7 Å². The molecule has 15 heavy (non-hydrogen) atoms. The molecule has 0 fully saturated rings. The molecule has 0 saturated heterocycles. The van der Waals surface area contributed by atoms with Crippen molar-refractivity contribution in [2.75, 3.05) is 0 Å². The summed E-state index contributed by atoms with van der Waals surface area (Å²) in [7, 11) is 0. The molecule has 0 aliphatic carbocycles. The molecule has 1 rings (SSSR count). The molecule has 1 aromatic rings. The van der Waals surface area contributed by atoms with Gasteiger partial charge in [0.15, 0.2) is 0 Å². The summed E-state index contributed by atoms with van der Waals surface area (Å²) in [5.74, 6) is 0. The van der Waals surface area contributed by atoms with Gasteiger partial charge in [0.2, 0.25) is 0 Å². The normalized spacial score (nSPS) is 11.1. The Morgan fingerprint density at radius 3 is 1.80 bits per heavy atom. The molecule has 0 N–H and O–H groups in total. The summed E-state index contributed by atoms with van der Waals surface area (Å²) < 4.78 is 0. The lowest BCUT2D eigenvalue weighted by molar-refractivity contribution is -0.642. The topological polar surface area (TPSA) is 125 Å². The summed E-state index contributed by atoms with van der Waals surface area (Å²) >= 11 is 0. The quantitative estimate of drug-likeness (QED) is 0.323. The number of nitro groups is 2. The van der Waals surface area contributed by atoms with Crippen molar-refractivity contribution in [1.82, 2.24) is 0 Å². The smallest absolute Gasteiger partial charge is 0.349 e. The van der Waals surface area contributed by atoms with Crippen molar-refractivity contribution in [2.45, 2.75) is 0 Å². The number of rotatable bonds is 3. The Bertz CT molecular complexity index is 426. The molecule has 0 aliphatic rings. The Kier molecular flexibility index (Phi) is 2.86. The number of benzene rings is 1. The van der Waals surface area contributed by atoms with E-state index in [0.29, 0.717) is 0 Å². The first-order valence-corrected chi connectivity index (χ1v) is 3.58. The van der Waals surface area contributed by atoms with Gasteiger partial charge in [-0.1, -0.05) is 0 Å². The molecule has 0 radical (unpaired) electrons. The molecule has 0 atom stereocenters. The first-order chi connectivity index (χ1) is 7.00. The molecular weight excluding hydrogens is 208 g/mol. The minimum atomic E-state index is -1.16. The highest BCUT2D eigenvalue weighted by Crippen LogP contribution is 2.17. The van der Waals surface area contributed by atoms with Crippen molar-refractivity contribution in [1.29, 1.82) is 0 Å². The molecule has 0 bridgehead atoms. The van der Waals surface area contributed by atoms with Gasteiger partial charge in [0.25, 0.3) is 16.4 Å². The second kappa shape index (κ2) is 4.09. The number of non-ortho nitro benzene ring substituents is 1. The van der Waals surface area contributed by atoms with Gasteiger partial charge in [-0.15, -0.1) is 0 Å². The largest absolute Gasteiger partial charge is 0.590 e. The van der Waals surface area contributed by atoms with E-state index in [-0.39, 0.29) is 16.2 Å². The second-order valence-corrected chi connectivity index (χ2v) is 2.37. The lowest BCUT2D eigenvalue weighted by Gasteiger charge is -1.94. The molecule has 78 valence electrons. The fraction of sp³-hybridized carbons (Fsp3) is 0. The molecule has 0 spiro atoms. The fourth-order valence-electron chi connectivity index (χ4n) is 0.820. The predicted molar refractivity (Wildman–Crippen MR) is 45.8 cm³/mol. The SMILES string of the molecule is O=[N+]([O-])N=[N+]([O-])c1ccc([N+](=O)[O-])cc1. The van der Waals surface area contributed by atoms with Gasteiger partial charge < -0.3 is 5.21 Å². The molecule has 0 heterocycles. The van der Waals surface area contributed by atoms with Gasteiger partial charge in [0.05, 0.1) is 4.92 Å². The third-order valence-electron chi connectivity index (χ3n) is 1.44. The zero-order valence-corrected chi connectivity index (χ0v) is 7.14. The van der Waals surface area contributed by atoms with Crippen LogP contribution in [0.15, 0.2) is 29.5 Å². The van der Waals surface area contributed by atoms with E-state index in [1.54, 1.807) is 0 Å². The Morgan fingerprint density at radius 2 is 1.40 bits per heavy atom. The van der Waals surface area contributed by atoms with Gasteiger partial charge in [-0.2, -0.15) is 0 Å². The van der Waals surface area contributed by atoms with E-state index in [1.807, 2.05) is 0 Å². The zero-order valence-electron chi connectivity index (χ0n) is 7.14. The van der Waals surface area contributed by atoms with E-state index in [4.69, 9.17) is 0 Å². The van der Waals surface area contributed by atoms with Gasteiger partial charge >= 0.3 is 5.22 Å². The summed E-state index contributed by atoms with van der Waals surface area (Å²) in [5.41, 5.74) is -0.370. The third-order valence-corrected chi connectivity index (χ3v) is 1.44. The van der Waals surface area contributed by atoms with Gasteiger partial charge in [0, 0.05) is 29.1 Å². The molecule has 9 nitrogen and oxygen atoms in total. The monoisotopic (exact) mass is 212 g/mol. The Morgan fingerprint density at radius 1 is 0.933 bits per heavy atom. The van der Waals surface area contributed by atoms with Crippen LogP contribution in [0, 0.1) is 25.4 Å². The van der Waals surface area contributed by atoms with E-state index in [1.165, 1.54) is 0 Å². The second-order valence-electron chi connectivity index (χ2n) is 2.37. The van der Waals surface area contributed by atoms with E-state index < -0.39 is 9.96 Å². The van der Waals surface area contributed by atoms with Gasteiger partial charge in [0.1, 0.15) is 0 Å². The van der Waals surface area contributed by atoms with Crippen LogP contribution in [0.2, 0.25) is 0 Å². The molecule has 0 aliphatic heterocycles. The number of hydrogen-bond acceptors (Lipinski definition) is 5. The summed E-state index contributed by atoms with van der Waals surface area (Å²) in [4.78, 5) is 19.2. The molecule has 0 amide bonds. The van der Waals surface area contributed by atoms with Crippen molar-refractivity contribution in [3.63, 3.8) is 0 Å². The van der Waals surface area contributed by atoms with Crippen molar-refractivity contribution >= 4 is 11.4 Å². The maximum absolute atomic E-state index is 10.9. The lowest BCUT2D eigenvalue weighted by atomic mass is 10.3. The van der Waals surface area contributed by atoms with E-state index in [9.17, 15) is 25.4 Å². The molecule has 9 heteroatoms. The van der Waals surface area contributed by atoms with Crippen LogP contribution in [0.4, 0.5) is 11.4 Å². The highest BCUT2D eigenvalue weighted by molar-refractivity contribution is 5.39. The fourth-order valence-corrected chi connectivity index (χ4v) is 0.820. The predicted octanol–water partition coefficient (Wildman–Crippen LogP) is 1.38. The van der Waals surface area contributed by atoms with E-state index >= 15 is 0 Å². The first kappa shape index (κ1) is 10.5. The maximum Gasteiger partial charge on any atom is 0.349 e. The molecule has 0 unspecified atom stereocenters. The summed E-state index contributed by atoms with van der Waals surface area (Å²) in [6.45, 7) is 0. The van der Waals surface area contributed by atoms with Crippen LogP contribution in [-0.4, -0.2) is 14.8 Å². The summed E-state index contributed by atoms with van der Waals surface area (Å²) in [6, 6.07) is 4.24. The van der Waals surface area contributed by atoms with Crippen LogP contribution in [0.5, 0.6) is 0 Å². The molecule has 0 saturated carbocycles. The summed E-state index contributed by atoms with van der Waals surface area (Å²) in [6.07, 6.45) is 0. The highest BCUT2D eigenvalue weighted by atomic mass is 16.7. The minimum Gasteiger partial charge on any atom is -0.590 e. The average Bonchev–Trinajstić information content (AvgIpc) is 2.17. The van der Waals surface area contributed by atoms with Crippen LogP contribution in [0.3, 0.4) is 0 Å². The molecular formula is C6H4N4O5. The van der Waals surface area contributed by atoms with Crippen LogP contribution >= 0.6 is 0 Å². The number of nitrogens with zero attached hydrogens (tertiary/aromatic N) is 4. The van der Waals surface area contributed by atoms with Crippen molar-refractivity contribution in [2.24, 2.45) is 5.22 Å². The van der Waals surface area contributed by atoms with E-state index in [0.717, 1.165) is 24.3 Å². The highest BCUT2D eigenvalue weighted by Gasteiger charge is 2.11. The van der Waals surface area contributed by atoms with Crippen molar-refractivity contribution < 1.29 is 14.8 Å². The first-order valence-electron chi connectivity index (χ1n) is 3.58. The maximum atomic E-state index is 10.9. The van der Waals surface area contributed by atoms with Crippen LogP contribution in [0.1, 0.15) is 0 Å². The molecule has 1 aromatic carbocycles. The zero-order chi connectivity index (χ0) is 11.4. The Balaban J connectivity index is 2.99. The Hall–Kier alpha value is -2.58. The van der Waals surface area contributed by atoms with E-state index in [2.05, 4.69) is 5.22 Å². The van der Waals surface area contributed by atoms with Crippen LogP contribution < -0.4 is 0 Å². The van der Waals surface area contributed by atoms with Crippen LogP contribution in [-0.2, 0) is 0 Å². The van der Waals surface area contributed by atoms with Crippen molar-refractivity contribution in [3.8, 4) is 0 Å². The van der Waals surface area contributed by atoms with Crippen LogP contribution in [0.25, 0.3) is 0 Å². The number of hydrogen-bond donors (Lipinski definition) is 0. The van der Waals surface area contributed by atoms with Gasteiger partial charge in [-0.05, 0) is 0 Å². The number of nitro benzene ring substituents is 1. The summed E-state index contributed by atoms with van der Waals surface area (Å²) in [5, 5.41) is 32.3. The third kappa shape index (κ3) is 2.69. The minimum absolute atomic E-state index is 0.155. The lowest BCUT2D eigenvalue weighted by Crippen LogP contribution is -1.97. The van der Waals surface area contributed by atoms with Gasteiger partial charge in [-0.25, -0.2) is 10.1 Å². The van der Waals surface area contributed by atoms with Gasteiger partial charge in [-0.3, -0.25) is 10.1 Å². The standard InChI is InChI=1S/C6H4N4O5/c11-8(7-10(14)15)5-1-3-6(4-2-5)9(12)13/h1-4H. The average molecular weight is 212 g/mol.